The Bertz CT molecular complexity index is 1280. The smallest absolute Gasteiger partial charge is 0.274 e. The molecule has 1 unspecified atom stereocenters. The van der Waals surface area contributed by atoms with E-state index < -0.39 is 0 Å². The minimum Gasteiger partial charge on any atom is -0.505 e. The van der Waals surface area contributed by atoms with Crippen LogP contribution in [0.15, 0.2) is 54.6 Å². The van der Waals surface area contributed by atoms with E-state index in [0.29, 0.717) is 38.5 Å². The Morgan fingerprint density at radius 2 is 1.66 bits per heavy atom. The van der Waals surface area contributed by atoms with Crippen molar-refractivity contribution in [3.05, 3.63) is 88.5 Å². The molecule has 1 N–H and O–H groups in total. The fraction of sp³-hybridized carbons (Fsp3) is 0.357. The van der Waals surface area contributed by atoms with Crippen molar-refractivity contribution in [1.82, 2.24) is 14.4 Å². The lowest BCUT2D eigenvalue weighted by Gasteiger charge is -2.36. The van der Waals surface area contributed by atoms with Crippen LogP contribution in [0.25, 0.3) is 0 Å². The van der Waals surface area contributed by atoms with Gasteiger partial charge in [-0.15, -0.1) is 0 Å². The maximum Gasteiger partial charge on any atom is 0.274 e. The van der Waals surface area contributed by atoms with Gasteiger partial charge in [-0.1, -0.05) is 42.5 Å². The van der Waals surface area contributed by atoms with E-state index in [9.17, 15) is 19.1 Å². The fourth-order valence-corrected chi connectivity index (χ4v) is 5.54. The molecule has 1 atom stereocenters. The van der Waals surface area contributed by atoms with Gasteiger partial charge in [0.1, 0.15) is 11.4 Å². The molecule has 1 aromatic heterocycles. The van der Waals surface area contributed by atoms with Gasteiger partial charge in [-0.25, -0.2) is 4.39 Å². The average Bonchev–Trinajstić information content (AvgIpc) is 3.62. The summed E-state index contributed by atoms with van der Waals surface area (Å²) >= 11 is 0. The Kier molecular flexibility index (Phi) is 5.35. The van der Waals surface area contributed by atoms with Crippen LogP contribution in [0.2, 0.25) is 0 Å². The molecule has 0 radical (unpaired) electrons. The van der Waals surface area contributed by atoms with Gasteiger partial charge in [-0.2, -0.15) is 0 Å². The Morgan fingerprint density at radius 1 is 0.914 bits per heavy atom. The van der Waals surface area contributed by atoms with Gasteiger partial charge in [-0.05, 0) is 48.4 Å². The van der Waals surface area contributed by atoms with Gasteiger partial charge in [0, 0.05) is 38.3 Å². The van der Waals surface area contributed by atoms with Crippen LogP contribution in [0.1, 0.15) is 56.6 Å². The Hall–Kier alpha value is -3.61. The first-order valence-electron chi connectivity index (χ1n) is 12.3. The molecule has 3 aliphatic rings. The SMILES string of the molecule is O=C1c2c(O)c3n(c2CCN1Cc1ccc(F)cc1)C(Cc1ccccc1)CN(CC1CC1)C3=O. The third-order valence-corrected chi connectivity index (χ3v) is 7.46. The molecule has 7 heteroatoms. The summed E-state index contributed by atoms with van der Waals surface area (Å²) in [5.74, 6) is -0.460. The highest BCUT2D eigenvalue weighted by molar-refractivity contribution is 6.06. The van der Waals surface area contributed by atoms with Crippen molar-refractivity contribution in [2.24, 2.45) is 5.92 Å². The summed E-state index contributed by atoms with van der Waals surface area (Å²) in [5.41, 5.74) is 3.22. The van der Waals surface area contributed by atoms with Crippen molar-refractivity contribution in [1.29, 1.82) is 0 Å². The lowest BCUT2D eigenvalue weighted by molar-refractivity contribution is 0.0647. The first kappa shape index (κ1) is 21.9. The van der Waals surface area contributed by atoms with Crippen molar-refractivity contribution in [2.75, 3.05) is 19.6 Å². The van der Waals surface area contributed by atoms with Crippen molar-refractivity contribution in [3.8, 4) is 5.75 Å². The average molecular weight is 474 g/mol. The van der Waals surface area contributed by atoms with Crippen molar-refractivity contribution < 1.29 is 19.1 Å². The predicted octanol–water partition coefficient (Wildman–Crippen LogP) is 4.18. The third kappa shape index (κ3) is 3.99. The quantitative estimate of drug-likeness (QED) is 0.584. The normalized spacial score (nSPS) is 19.6. The second-order valence-electron chi connectivity index (χ2n) is 9.99. The van der Waals surface area contributed by atoms with Gasteiger partial charge < -0.3 is 19.5 Å². The summed E-state index contributed by atoms with van der Waals surface area (Å²) in [4.78, 5) is 30.6. The maximum atomic E-state index is 13.5. The molecule has 1 fully saturated rings. The summed E-state index contributed by atoms with van der Waals surface area (Å²) in [7, 11) is 0. The molecular weight excluding hydrogens is 445 g/mol. The second-order valence-corrected chi connectivity index (χ2v) is 9.99. The highest BCUT2D eigenvalue weighted by atomic mass is 19.1. The molecule has 0 spiro atoms. The summed E-state index contributed by atoms with van der Waals surface area (Å²) in [6.45, 7) is 2.08. The topological polar surface area (TPSA) is 65.8 Å². The van der Waals surface area contributed by atoms with Crippen LogP contribution in [0, 0.1) is 11.7 Å². The van der Waals surface area contributed by atoms with Crippen molar-refractivity contribution in [3.63, 3.8) is 0 Å². The molecule has 6 rings (SSSR count). The van der Waals surface area contributed by atoms with Crippen LogP contribution in [-0.4, -0.2) is 50.9 Å². The molecule has 2 amide bonds. The monoisotopic (exact) mass is 473 g/mol. The first-order valence-corrected chi connectivity index (χ1v) is 12.3. The third-order valence-electron chi connectivity index (χ3n) is 7.46. The fourth-order valence-electron chi connectivity index (χ4n) is 5.54. The number of carbonyl (C=O) groups excluding carboxylic acids is 2. The zero-order chi connectivity index (χ0) is 24.1. The lowest BCUT2D eigenvalue weighted by Crippen LogP contribution is -2.45. The maximum absolute atomic E-state index is 13.5. The zero-order valence-electron chi connectivity index (χ0n) is 19.5. The van der Waals surface area contributed by atoms with E-state index in [4.69, 9.17) is 0 Å². The van der Waals surface area contributed by atoms with Crippen LogP contribution in [-0.2, 0) is 19.4 Å². The first-order chi connectivity index (χ1) is 17.0. The van der Waals surface area contributed by atoms with E-state index in [1.54, 1.807) is 17.0 Å². The molecule has 3 heterocycles. The molecular formula is C28H28FN3O3. The van der Waals surface area contributed by atoms with Crippen molar-refractivity contribution >= 4 is 11.8 Å². The number of halogens is 1. The van der Waals surface area contributed by atoms with Crippen LogP contribution in [0.4, 0.5) is 4.39 Å². The zero-order valence-corrected chi connectivity index (χ0v) is 19.5. The lowest BCUT2D eigenvalue weighted by atomic mass is 10.0. The van der Waals surface area contributed by atoms with Gasteiger partial charge in [0.05, 0.1) is 6.04 Å². The largest absolute Gasteiger partial charge is 0.505 e. The predicted molar refractivity (Wildman–Crippen MR) is 129 cm³/mol. The molecule has 3 aromatic rings. The summed E-state index contributed by atoms with van der Waals surface area (Å²) < 4.78 is 15.3. The molecule has 180 valence electrons. The van der Waals surface area contributed by atoms with Crippen LogP contribution >= 0.6 is 0 Å². The molecule has 35 heavy (non-hydrogen) atoms. The van der Waals surface area contributed by atoms with Crippen LogP contribution in [0.5, 0.6) is 5.75 Å². The Morgan fingerprint density at radius 3 is 2.37 bits per heavy atom. The number of benzene rings is 2. The highest BCUT2D eigenvalue weighted by Crippen LogP contribution is 2.41. The minimum atomic E-state index is -0.322. The van der Waals surface area contributed by atoms with Gasteiger partial charge >= 0.3 is 0 Å². The van der Waals surface area contributed by atoms with Crippen LogP contribution in [0.3, 0.4) is 0 Å². The molecule has 0 saturated heterocycles. The van der Waals surface area contributed by atoms with E-state index in [2.05, 4.69) is 12.1 Å². The van der Waals surface area contributed by atoms with Gasteiger partial charge in [0.25, 0.3) is 11.8 Å². The summed E-state index contributed by atoms with van der Waals surface area (Å²) in [6.07, 6.45) is 3.54. The molecule has 2 aromatic carbocycles. The van der Waals surface area contributed by atoms with Gasteiger partial charge in [-0.3, -0.25) is 9.59 Å². The number of hydrogen-bond donors (Lipinski definition) is 1. The summed E-state index contributed by atoms with van der Waals surface area (Å²) in [6, 6.07) is 16.2. The number of carbonyl (C=O) groups is 2. The molecule has 6 nitrogen and oxygen atoms in total. The highest BCUT2D eigenvalue weighted by Gasteiger charge is 2.43. The van der Waals surface area contributed by atoms with E-state index in [0.717, 1.165) is 36.1 Å². The van der Waals surface area contributed by atoms with Gasteiger partial charge in [0.2, 0.25) is 0 Å². The van der Waals surface area contributed by atoms with E-state index >= 15 is 0 Å². The standard InChI is InChI=1S/C28H28FN3O3/c29-21-10-8-20(9-11-21)15-30-13-12-23-24(27(30)34)26(33)25-28(35)31(16-19-6-7-19)17-22(32(23)25)14-18-4-2-1-3-5-18/h1-5,8-11,19,22,33H,6-7,12-17H2. The number of hydrogen-bond acceptors (Lipinski definition) is 3. The number of fused-ring (bicyclic) bond motifs is 3. The summed E-state index contributed by atoms with van der Waals surface area (Å²) in [5, 5.41) is 11.3. The molecule has 1 aliphatic carbocycles. The Labute approximate surface area is 203 Å². The van der Waals surface area contributed by atoms with Gasteiger partial charge in [0.15, 0.2) is 11.4 Å². The van der Waals surface area contributed by atoms with Crippen LogP contribution < -0.4 is 0 Å². The molecule has 0 bridgehead atoms. The van der Waals surface area contributed by atoms with E-state index in [-0.39, 0.29) is 40.7 Å². The van der Waals surface area contributed by atoms with Crippen molar-refractivity contribution in [2.45, 2.75) is 38.3 Å². The van der Waals surface area contributed by atoms with E-state index in [1.165, 1.54) is 12.1 Å². The number of nitrogens with zero attached hydrogens (tertiary/aromatic N) is 3. The minimum absolute atomic E-state index is 0.0463. The molecule has 1 saturated carbocycles. The number of aromatic nitrogens is 1. The Balaban J connectivity index is 1.37. The number of amides is 2. The van der Waals surface area contributed by atoms with E-state index in [1.807, 2.05) is 27.7 Å². The second kappa shape index (κ2) is 8.56. The molecule has 2 aliphatic heterocycles. The number of rotatable bonds is 6. The number of aromatic hydroxyl groups is 1.